The lowest BCUT2D eigenvalue weighted by Gasteiger charge is -2.11. The smallest absolute Gasteiger partial charge is 0.305 e. The van der Waals surface area contributed by atoms with Gasteiger partial charge < -0.3 is 9.84 Å². The summed E-state index contributed by atoms with van der Waals surface area (Å²) in [7, 11) is 0. The SMILES string of the molecule is CCOC(=O)CCC(O)c1cc(Cl)ccc1F. The third-order valence-electron chi connectivity index (χ3n) is 2.24. The first-order valence-corrected chi connectivity index (χ1v) is 5.71. The Kier molecular flexibility index (Phi) is 5.38. The predicted molar refractivity (Wildman–Crippen MR) is 62.2 cm³/mol. The van der Waals surface area contributed by atoms with Crippen LogP contribution in [0.15, 0.2) is 18.2 Å². The molecule has 0 radical (unpaired) electrons. The minimum atomic E-state index is -1.06. The zero-order valence-electron chi connectivity index (χ0n) is 9.45. The van der Waals surface area contributed by atoms with E-state index in [1.54, 1.807) is 6.92 Å². The third-order valence-corrected chi connectivity index (χ3v) is 2.48. The highest BCUT2D eigenvalue weighted by atomic mass is 35.5. The predicted octanol–water partition coefficient (Wildman–Crippen LogP) is 2.86. The highest BCUT2D eigenvalue weighted by molar-refractivity contribution is 6.30. The first-order valence-electron chi connectivity index (χ1n) is 5.33. The molecular weight excluding hydrogens is 247 g/mol. The number of hydrogen-bond acceptors (Lipinski definition) is 3. The van der Waals surface area contributed by atoms with E-state index < -0.39 is 17.9 Å². The average Bonchev–Trinajstić information content (AvgIpc) is 2.29. The second-order valence-corrected chi connectivity index (χ2v) is 3.96. The van der Waals surface area contributed by atoms with Crippen molar-refractivity contribution in [3.63, 3.8) is 0 Å². The van der Waals surface area contributed by atoms with Gasteiger partial charge in [-0.25, -0.2) is 4.39 Å². The topological polar surface area (TPSA) is 46.5 Å². The molecule has 3 nitrogen and oxygen atoms in total. The average molecular weight is 261 g/mol. The van der Waals surface area contributed by atoms with E-state index in [9.17, 15) is 14.3 Å². The molecule has 0 spiro atoms. The standard InChI is InChI=1S/C12H14ClFO3/c1-2-17-12(16)6-5-11(15)9-7-8(13)3-4-10(9)14/h3-4,7,11,15H,2,5-6H2,1H3. The Labute approximate surface area is 104 Å². The maximum absolute atomic E-state index is 13.4. The van der Waals surface area contributed by atoms with E-state index in [1.807, 2.05) is 0 Å². The lowest BCUT2D eigenvalue weighted by atomic mass is 10.0. The molecule has 0 saturated carbocycles. The second kappa shape index (κ2) is 6.57. The molecule has 94 valence electrons. The number of carbonyl (C=O) groups excluding carboxylic acids is 1. The molecule has 1 atom stereocenters. The molecule has 1 rings (SSSR count). The van der Waals surface area contributed by atoms with Gasteiger partial charge in [0.15, 0.2) is 0 Å². The van der Waals surface area contributed by atoms with Crippen LogP contribution in [0.4, 0.5) is 4.39 Å². The molecule has 0 heterocycles. The number of aliphatic hydroxyl groups is 1. The number of benzene rings is 1. The Morgan fingerprint density at radius 2 is 2.29 bits per heavy atom. The molecule has 0 aliphatic carbocycles. The molecule has 0 fully saturated rings. The van der Waals surface area contributed by atoms with Crippen LogP contribution < -0.4 is 0 Å². The zero-order chi connectivity index (χ0) is 12.8. The number of hydrogen-bond donors (Lipinski definition) is 1. The van der Waals surface area contributed by atoms with Gasteiger partial charge in [0.05, 0.1) is 12.7 Å². The fourth-order valence-electron chi connectivity index (χ4n) is 1.41. The van der Waals surface area contributed by atoms with Gasteiger partial charge in [-0.2, -0.15) is 0 Å². The van der Waals surface area contributed by atoms with Gasteiger partial charge >= 0.3 is 5.97 Å². The van der Waals surface area contributed by atoms with Crippen LogP contribution in [0, 0.1) is 5.82 Å². The third kappa shape index (κ3) is 4.32. The molecule has 1 unspecified atom stereocenters. The summed E-state index contributed by atoms with van der Waals surface area (Å²) in [4.78, 5) is 11.1. The molecule has 17 heavy (non-hydrogen) atoms. The van der Waals surface area contributed by atoms with Crippen molar-refractivity contribution in [3.05, 3.63) is 34.6 Å². The van der Waals surface area contributed by atoms with Crippen LogP contribution in [-0.2, 0) is 9.53 Å². The Balaban J connectivity index is 2.60. The van der Waals surface area contributed by atoms with Gasteiger partial charge in [-0.1, -0.05) is 11.6 Å². The fourth-order valence-corrected chi connectivity index (χ4v) is 1.59. The quantitative estimate of drug-likeness (QED) is 0.828. The molecule has 0 saturated heterocycles. The van der Waals surface area contributed by atoms with Crippen LogP contribution in [0.3, 0.4) is 0 Å². The number of aliphatic hydroxyl groups excluding tert-OH is 1. The van der Waals surface area contributed by atoms with Gasteiger partial charge in [0.1, 0.15) is 5.82 Å². The van der Waals surface area contributed by atoms with Gasteiger partial charge in [0.2, 0.25) is 0 Å². The van der Waals surface area contributed by atoms with E-state index in [-0.39, 0.29) is 18.4 Å². The van der Waals surface area contributed by atoms with Crippen LogP contribution in [0.2, 0.25) is 5.02 Å². The molecule has 0 aromatic heterocycles. The van der Waals surface area contributed by atoms with Crippen molar-refractivity contribution in [2.75, 3.05) is 6.61 Å². The van der Waals surface area contributed by atoms with Gasteiger partial charge in [-0.05, 0) is 31.5 Å². The van der Waals surface area contributed by atoms with Crippen LogP contribution >= 0.6 is 11.6 Å². The molecule has 0 amide bonds. The molecule has 1 N–H and O–H groups in total. The normalized spacial score (nSPS) is 12.2. The minimum Gasteiger partial charge on any atom is -0.466 e. The first-order chi connectivity index (χ1) is 8.04. The molecule has 5 heteroatoms. The summed E-state index contributed by atoms with van der Waals surface area (Å²) in [5, 5.41) is 10.1. The molecular formula is C12H14ClFO3. The monoisotopic (exact) mass is 260 g/mol. The largest absolute Gasteiger partial charge is 0.466 e. The number of carbonyl (C=O) groups is 1. The second-order valence-electron chi connectivity index (χ2n) is 3.53. The van der Waals surface area contributed by atoms with Crippen LogP contribution in [0.25, 0.3) is 0 Å². The number of halogens is 2. The van der Waals surface area contributed by atoms with Crippen molar-refractivity contribution in [1.29, 1.82) is 0 Å². The van der Waals surface area contributed by atoms with E-state index in [1.165, 1.54) is 18.2 Å². The van der Waals surface area contributed by atoms with Crippen molar-refractivity contribution in [1.82, 2.24) is 0 Å². The van der Waals surface area contributed by atoms with E-state index in [2.05, 4.69) is 0 Å². The van der Waals surface area contributed by atoms with E-state index in [0.717, 1.165) is 0 Å². The van der Waals surface area contributed by atoms with E-state index in [0.29, 0.717) is 11.6 Å². The van der Waals surface area contributed by atoms with Crippen molar-refractivity contribution in [2.45, 2.75) is 25.9 Å². The summed E-state index contributed by atoms with van der Waals surface area (Å²) in [5.74, 6) is -0.945. The molecule has 0 bridgehead atoms. The summed E-state index contributed by atoms with van der Waals surface area (Å²) in [6.45, 7) is 1.99. The maximum atomic E-state index is 13.4. The van der Waals surface area contributed by atoms with E-state index in [4.69, 9.17) is 16.3 Å². The van der Waals surface area contributed by atoms with Crippen LogP contribution in [0.5, 0.6) is 0 Å². The lowest BCUT2D eigenvalue weighted by molar-refractivity contribution is -0.143. The van der Waals surface area contributed by atoms with Crippen LogP contribution in [-0.4, -0.2) is 17.7 Å². The molecule has 1 aromatic rings. The fraction of sp³-hybridized carbons (Fsp3) is 0.417. The minimum absolute atomic E-state index is 0.0426. The Morgan fingerprint density at radius 3 is 2.94 bits per heavy atom. The Morgan fingerprint density at radius 1 is 1.59 bits per heavy atom. The number of rotatable bonds is 5. The van der Waals surface area contributed by atoms with E-state index >= 15 is 0 Å². The van der Waals surface area contributed by atoms with Gasteiger partial charge in [0.25, 0.3) is 0 Å². The first kappa shape index (κ1) is 13.9. The summed E-state index contributed by atoms with van der Waals surface area (Å²) >= 11 is 5.70. The van der Waals surface area contributed by atoms with Crippen molar-refractivity contribution >= 4 is 17.6 Å². The molecule has 0 aliphatic rings. The zero-order valence-corrected chi connectivity index (χ0v) is 10.2. The summed E-state index contributed by atoms with van der Waals surface area (Å²) in [6.07, 6.45) is -0.907. The van der Waals surface area contributed by atoms with Gasteiger partial charge in [0, 0.05) is 17.0 Å². The Hall–Kier alpha value is -1.13. The highest BCUT2D eigenvalue weighted by Crippen LogP contribution is 2.24. The summed E-state index contributed by atoms with van der Waals surface area (Å²) in [6, 6.07) is 3.94. The Bertz CT molecular complexity index is 395. The van der Waals surface area contributed by atoms with Crippen LogP contribution in [0.1, 0.15) is 31.4 Å². The van der Waals surface area contributed by atoms with Crippen molar-refractivity contribution in [2.24, 2.45) is 0 Å². The van der Waals surface area contributed by atoms with Crippen molar-refractivity contribution < 1.29 is 19.0 Å². The van der Waals surface area contributed by atoms with Crippen molar-refractivity contribution in [3.8, 4) is 0 Å². The molecule has 0 aliphatic heterocycles. The van der Waals surface area contributed by atoms with Gasteiger partial charge in [-0.15, -0.1) is 0 Å². The highest BCUT2D eigenvalue weighted by Gasteiger charge is 2.15. The summed E-state index contributed by atoms with van der Waals surface area (Å²) < 4.78 is 18.1. The molecule has 1 aromatic carbocycles. The lowest BCUT2D eigenvalue weighted by Crippen LogP contribution is -2.08. The number of esters is 1. The van der Waals surface area contributed by atoms with Gasteiger partial charge in [-0.3, -0.25) is 4.79 Å². The number of ether oxygens (including phenoxy) is 1. The summed E-state index contributed by atoms with van der Waals surface area (Å²) in [5.41, 5.74) is 0.0989. The maximum Gasteiger partial charge on any atom is 0.305 e.